The predicted molar refractivity (Wildman–Crippen MR) is 116 cm³/mol. The van der Waals surface area contributed by atoms with Crippen LogP contribution < -0.4 is 15.5 Å². The minimum atomic E-state index is -0.452. The third-order valence-electron chi connectivity index (χ3n) is 4.77. The standard InChI is InChI=1S/C20H22BrN3O3S/c1-24(20(28)23-19(26)16-11-12-17(21)27-16)15-10-6-5-9-14(15)18(25)22-13-7-3-2-4-8-13/h5-6,9-13H,2-4,7-8H2,1H3,(H,22,25)(H,23,26,28). The lowest BCUT2D eigenvalue weighted by Gasteiger charge is -2.25. The molecule has 1 aromatic heterocycles. The lowest BCUT2D eigenvalue weighted by atomic mass is 9.95. The highest BCUT2D eigenvalue weighted by Gasteiger charge is 2.22. The van der Waals surface area contributed by atoms with Crippen molar-refractivity contribution < 1.29 is 14.0 Å². The van der Waals surface area contributed by atoms with E-state index in [2.05, 4.69) is 26.6 Å². The summed E-state index contributed by atoms with van der Waals surface area (Å²) in [5, 5.41) is 5.93. The number of nitrogens with one attached hydrogen (secondary N) is 2. The quantitative estimate of drug-likeness (QED) is 0.662. The van der Waals surface area contributed by atoms with Crippen LogP contribution in [0.2, 0.25) is 0 Å². The van der Waals surface area contributed by atoms with E-state index in [0.29, 0.717) is 15.9 Å². The van der Waals surface area contributed by atoms with Crippen molar-refractivity contribution in [3.05, 3.63) is 52.4 Å². The molecule has 0 saturated heterocycles. The van der Waals surface area contributed by atoms with Gasteiger partial charge in [-0.1, -0.05) is 31.4 Å². The van der Waals surface area contributed by atoms with Gasteiger partial charge >= 0.3 is 0 Å². The Bertz CT molecular complexity index is 877. The van der Waals surface area contributed by atoms with Crippen molar-refractivity contribution in [1.29, 1.82) is 0 Å². The number of amides is 2. The molecular weight excluding hydrogens is 442 g/mol. The maximum absolute atomic E-state index is 12.8. The van der Waals surface area contributed by atoms with E-state index >= 15 is 0 Å². The van der Waals surface area contributed by atoms with E-state index in [1.165, 1.54) is 6.42 Å². The zero-order chi connectivity index (χ0) is 20.1. The number of furan rings is 1. The molecule has 28 heavy (non-hydrogen) atoms. The second-order valence-electron chi connectivity index (χ2n) is 6.75. The highest BCUT2D eigenvalue weighted by molar-refractivity contribution is 9.10. The predicted octanol–water partition coefficient (Wildman–Crippen LogP) is 4.26. The normalized spacial score (nSPS) is 14.4. The molecule has 3 rings (SSSR count). The Balaban J connectivity index is 1.70. The Morgan fingerprint density at radius 2 is 1.82 bits per heavy atom. The van der Waals surface area contributed by atoms with Crippen LogP contribution in [0.5, 0.6) is 0 Å². The number of thiocarbonyl (C=S) groups is 1. The number of hydrogen-bond acceptors (Lipinski definition) is 4. The number of halogens is 1. The molecule has 0 aliphatic heterocycles. The van der Waals surface area contributed by atoms with E-state index in [1.54, 1.807) is 36.2 Å². The Labute approximate surface area is 177 Å². The molecule has 0 atom stereocenters. The zero-order valence-electron chi connectivity index (χ0n) is 15.5. The number of para-hydroxylation sites is 1. The van der Waals surface area contributed by atoms with Crippen LogP contribution in [0.15, 0.2) is 45.5 Å². The molecule has 1 aliphatic carbocycles. The first-order chi connectivity index (χ1) is 13.5. The van der Waals surface area contributed by atoms with Gasteiger partial charge in [0.25, 0.3) is 11.8 Å². The summed E-state index contributed by atoms with van der Waals surface area (Å²) in [5.74, 6) is -0.434. The molecule has 1 saturated carbocycles. The third-order valence-corrected chi connectivity index (χ3v) is 5.57. The Hall–Kier alpha value is -2.19. The van der Waals surface area contributed by atoms with Crippen LogP contribution in [0.25, 0.3) is 0 Å². The van der Waals surface area contributed by atoms with Crippen molar-refractivity contribution in [2.45, 2.75) is 38.1 Å². The van der Waals surface area contributed by atoms with Crippen molar-refractivity contribution in [3.8, 4) is 0 Å². The minimum Gasteiger partial charge on any atom is -0.444 e. The molecule has 8 heteroatoms. The highest BCUT2D eigenvalue weighted by atomic mass is 79.9. The maximum Gasteiger partial charge on any atom is 0.293 e. The summed E-state index contributed by atoms with van der Waals surface area (Å²) in [6.07, 6.45) is 5.54. The van der Waals surface area contributed by atoms with Crippen molar-refractivity contribution in [2.24, 2.45) is 0 Å². The molecule has 0 bridgehead atoms. The molecule has 2 N–H and O–H groups in total. The first-order valence-electron chi connectivity index (χ1n) is 9.20. The molecule has 6 nitrogen and oxygen atoms in total. The number of carbonyl (C=O) groups is 2. The van der Waals surface area contributed by atoms with E-state index in [0.717, 1.165) is 25.7 Å². The number of anilines is 1. The summed E-state index contributed by atoms with van der Waals surface area (Å²) < 4.78 is 5.70. The lowest BCUT2D eigenvalue weighted by Crippen LogP contribution is -2.42. The lowest BCUT2D eigenvalue weighted by molar-refractivity contribution is 0.0926. The second kappa shape index (κ2) is 9.34. The fraction of sp³-hybridized carbons (Fsp3) is 0.350. The molecule has 148 valence electrons. The van der Waals surface area contributed by atoms with Crippen LogP contribution in [-0.4, -0.2) is 30.0 Å². The average Bonchev–Trinajstić information content (AvgIpc) is 3.14. The molecule has 0 radical (unpaired) electrons. The SMILES string of the molecule is CN(C(=S)NC(=O)c1ccc(Br)o1)c1ccccc1C(=O)NC1CCCCC1. The number of nitrogens with zero attached hydrogens (tertiary/aromatic N) is 1. The van der Waals surface area contributed by atoms with Crippen LogP contribution in [0, 0.1) is 0 Å². The van der Waals surface area contributed by atoms with Gasteiger partial charge in [0.1, 0.15) is 0 Å². The summed E-state index contributed by atoms with van der Waals surface area (Å²) in [6, 6.07) is 10.6. The first kappa shape index (κ1) is 20.5. The van der Waals surface area contributed by atoms with Gasteiger partial charge in [0.15, 0.2) is 15.5 Å². The van der Waals surface area contributed by atoms with E-state index in [4.69, 9.17) is 16.6 Å². The van der Waals surface area contributed by atoms with Gasteiger partial charge in [-0.15, -0.1) is 0 Å². The van der Waals surface area contributed by atoms with E-state index in [-0.39, 0.29) is 22.8 Å². The summed E-state index contributed by atoms with van der Waals surface area (Å²) >= 11 is 8.52. The van der Waals surface area contributed by atoms with Crippen molar-refractivity contribution in [2.75, 3.05) is 11.9 Å². The van der Waals surface area contributed by atoms with Crippen LogP contribution in [0.1, 0.15) is 53.0 Å². The number of rotatable bonds is 4. The topological polar surface area (TPSA) is 74.6 Å². The smallest absolute Gasteiger partial charge is 0.293 e. The van der Waals surface area contributed by atoms with Crippen LogP contribution in [-0.2, 0) is 0 Å². The van der Waals surface area contributed by atoms with E-state index < -0.39 is 5.91 Å². The fourth-order valence-corrected chi connectivity index (χ4v) is 3.75. The zero-order valence-corrected chi connectivity index (χ0v) is 17.9. The van der Waals surface area contributed by atoms with Gasteiger partial charge in [-0.25, -0.2) is 0 Å². The molecule has 1 fully saturated rings. The van der Waals surface area contributed by atoms with Gasteiger partial charge in [0.2, 0.25) is 0 Å². The summed E-state index contributed by atoms with van der Waals surface area (Å²) in [5.41, 5.74) is 1.15. The summed E-state index contributed by atoms with van der Waals surface area (Å²) in [4.78, 5) is 26.7. The Morgan fingerprint density at radius 1 is 1.11 bits per heavy atom. The van der Waals surface area contributed by atoms with E-state index in [9.17, 15) is 9.59 Å². The summed E-state index contributed by atoms with van der Waals surface area (Å²) in [7, 11) is 1.72. The molecule has 1 aliphatic rings. The van der Waals surface area contributed by atoms with Gasteiger partial charge in [-0.2, -0.15) is 0 Å². The largest absolute Gasteiger partial charge is 0.444 e. The molecular formula is C20H22BrN3O3S. The average molecular weight is 464 g/mol. The number of carbonyl (C=O) groups excluding carboxylic acids is 2. The molecule has 0 spiro atoms. The molecule has 2 aromatic rings. The Morgan fingerprint density at radius 3 is 2.50 bits per heavy atom. The summed E-state index contributed by atoms with van der Waals surface area (Å²) in [6.45, 7) is 0. The van der Waals surface area contributed by atoms with Crippen molar-refractivity contribution in [1.82, 2.24) is 10.6 Å². The second-order valence-corrected chi connectivity index (χ2v) is 7.92. The van der Waals surface area contributed by atoms with Crippen molar-refractivity contribution in [3.63, 3.8) is 0 Å². The van der Waals surface area contributed by atoms with Gasteiger partial charge in [-0.05, 0) is 65.3 Å². The monoisotopic (exact) mass is 463 g/mol. The minimum absolute atomic E-state index is 0.126. The molecule has 1 aromatic carbocycles. The van der Waals surface area contributed by atoms with Gasteiger partial charge in [0.05, 0.1) is 11.3 Å². The maximum atomic E-state index is 12.8. The fourth-order valence-electron chi connectivity index (χ4n) is 3.26. The highest BCUT2D eigenvalue weighted by Crippen LogP contribution is 2.22. The van der Waals surface area contributed by atoms with Crippen LogP contribution in [0.4, 0.5) is 5.69 Å². The number of benzene rings is 1. The molecule has 1 heterocycles. The van der Waals surface area contributed by atoms with Crippen LogP contribution >= 0.6 is 28.1 Å². The number of hydrogen-bond donors (Lipinski definition) is 2. The molecule has 0 unspecified atom stereocenters. The third kappa shape index (κ3) is 4.99. The van der Waals surface area contributed by atoms with Crippen molar-refractivity contribution >= 4 is 50.8 Å². The molecule has 2 amide bonds. The van der Waals surface area contributed by atoms with E-state index in [1.807, 2.05) is 12.1 Å². The van der Waals surface area contributed by atoms with Gasteiger partial charge in [-0.3, -0.25) is 14.9 Å². The van der Waals surface area contributed by atoms with Gasteiger partial charge in [0, 0.05) is 13.1 Å². The first-order valence-corrected chi connectivity index (χ1v) is 10.4. The Kier molecular flexibility index (Phi) is 6.85. The van der Waals surface area contributed by atoms with Crippen LogP contribution in [0.3, 0.4) is 0 Å². The van der Waals surface area contributed by atoms with Gasteiger partial charge < -0.3 is 14.6 Å².